The molecule has 1 aromatic carbocycles. The molecule has 0 atom stereocenters. The molecule has 1 fully saturated rings. The van der Waals surface area contributed by atoms with Crippen molar-refractivity contribution in [3.05, 3.63) is 33.3 Å². The highest BCUT2D eigenvalue weighted by Crippen LogP contribution is 2.38. The number of benzene rings is 1. The van der Waals surface area contributed by atoms with E-state index in [9.17, 15) is 10.1 Å². The van der Waals surface area contributed by atoms with E-state index in [0.29, 0.717) is 22.4 Å². The predicted octanol–water partition coefficient (Wildman–Crippen LogP) is 2.74. The van der Waals surface area contributed by atoms with Crippen LogP contribution < -0.4 is 4.90 Å². The van der Waals surface area contributed by atoms with Crippen molar-refractivity contribution in [3.63, 3.8) is 0 Å². The molecule has 0 aromatic heterocycles. The average molecular weight is 258 g/mol. The lowest BCUT2D eigenvalue weighted by atomic mass is 10.2. The van der Waals surface area contributed by atoms with Crippen molar-refractivity contribution in [2.45, 2.75) is 0 Å². The van der Waals surface area contributed by atoms with Crippen molar-refractivity contribution >= 4 is 39.9 Å². The first kappa shape index (κ1) is 11.2. The molecule has 0 amide bonds. The van der Waals surface area contributed by atoms with E-state index in [4.69, 9.17) is 17.0 Å². The zero-order valence-electron chi connectivity index (χ0n) is 8.14. The lowest BCUT2D eigenvalue weighted by molar-refractivity contribution is -0.384. The first-order valence-corrected chi connectivity index (χ1v) is 5.89. The number of nitro benzene ring substituents is 1. The van der Waals surface area contributed by atoms with Crippen LogP contribution in [-0.4, -0.2) is 22.4 Å². The number of rotatable bonds is 2. The van der Waals surface area contributed by atoms with Crippen LogP contribution in [0.4, 0.5) is 11.4 Å². The molecule has 0 unspecified atom stereocenters. The zero-order valence-corrected chi connectivity index (χ0v) is 9.72. The number of nitrogens with one attached hydrogen (secondary N) is 1. The maximum absolute atomic E-state index is 10.9. The molecular formula is C9H8ClN3O2S. The summed E-state index contributed by atoms with van der Waals surface area (Å²) in [5, 5.41) is 19.2. The van der Waals surface area contributed by atoms with Crippen molar-refractivity contribution in [3.8, 4) is 0 Å². The van der Waals surface area contributed by atoms with Crippen LogP contribution in [0.5, 0.6) is 0 Å². The molecule has 1 aromatic rings. The molecule has 84 valence electrons. The summed E-state index contributed by atoms with van der Waals surface area (Å²) in [6.45, 7) is 0.577. The van der Waals surface area contributed by atoms with Gasteiger partial charge in [-0.25, -0.2) is 0 Å². The van der Waals surface area contributed by atoms with Crippen LogP contribution in [0.25, 0.3) is 0 Å². The van der Waals surface area contributed by atoms with Gasteiger partial charge in [-0.1, -0.05) is 29.4 Å². The molecule has 0 spiro atoms. The quantitative estimate of drug-likeness (QED) is 0.653. The molecule has 1 saturated heterocycles. The van der Waals surface area contributed by atoms with Gasteiger partial charge in [-0.2, -0.15) is 0 Å². The number of thioether (sulfide) groups is 1. The van der Waals surface area contributed by atoms with Gasteiger partial charge in [0.05, 0.1) is 9.95 Å². The van der Waals surface area contributed by atoms with Gasteiger partial charge in [0.2, 0.25) is 0 Å². The summed E-state index contributed by atoms with van der Waals surface area (Å²) in [6, 6.07) is 4.54. The molecule has 1 aliphatic heterocycles. The number of hydrogen-bond donors (Lipinski definition) is 1. The van der Waals surface area contributed by atoms with Crippen molar-refractivity contribution in [2.24, 2.45) is 0 Å². The van der Waals surface area contributed by atoms with Crippen LogP contribution in [0.2, 0.25) is 5.02 Å². The molecule has 1 heterocycles. The van der Waals surface area contributed by atoms with E-state index < -0.39 is 4.92 Å². The Morgan fingerprint density at radius 2 is 2.31 bits per heavy atom. The molecule has 2 rings (SSSR count). The Morgan fingerprint density at radius 1 is 1.56 bits per heavy atom. The second-order valence-corrected chi connectivity index (χ2v) is 4.66. The van der Waals surface area contributed by atoms with Crippen molar-refractivity contribution < 1.29 is 4.92 Å². The van der Waals surface area contributed by atoms with Gasteiger partial charge in [0, 0.05) is 18.4 Å². The van der Waals surface area contributed by atoms with Crippen LogP contribution in [0.1, 0.15) is 0 Å². The van der Waals surface area contributed by atoms with Gasteiger partial charge in [-0.05, 0) is 6.07 Å². The Kier molecular flexibility index (Phi) is 3.02. The minimum absolute atomic E-state index is 0.0558. The predicted molar refractivity (Wildman–Crippen MR) is 65.6 cm³/mol. The van der Waals surface area contributed by atoms with E-state index in [1.54, 1.807) is 11.0 Å². The summed E-state index contributed by atoms with van der Waals surface area (Å²) in [7, 11) is 0. The van der Waals surface area contributed by atoms with E-state index in [0.717, 1.165) is 5.75 Å². The second kappa shape index (κ2) is 4.31. The molecule has 0 radical (unpaired) electrons. The maximum atomic E-state index is 10.9. The molecule has 0 bridgehead atoms. The molecule has 16 heavy (non-hydrogen) atoms. The number of nitro groups is 1. The summed E-state index contributed by atoms with van der Waals surface area (Å²) >= 11 is 7.32. The number of para-hydroxylation sites is 1. The highest BCUT2D eigenvalue weighted by molar-refractivity contribution is 8.14. The van der Waals surface area contributed by atoms with E-state index >= 15 is 0 Å². The smallest absolute Gasteiger partial charge is 0.294 e. The van der Waals surface area contributed by atoms with E-state index in [1.165, 1.54) is 23.9 Å². The third-order valence-electron chi connectivity index (χ3n) is 2.23. The fourth-order valence-electron chi connectivity index (χ4n) is 1.54. The molecule has 1 N–H and O–H groups in total. The minimum atomic E-state index is -0.475. The van der Waals surface area contributed by atoms with Gasteiger partial charge in [-0.15, -0.1) is 0 Å². The number of hydrogen-bond acceptors (Lipinski definition) is 4. The lowest BCUT2D eigenvalue weighted by Crippen LogP contribution is -2.24. The van der Waals surface area contributed by atoms with Gasteiger partial charge in [-0.3, -0.25) is 15.5 Å². The zero-order chi connectivity index (χ0) is 11.7. The van der Waals surface area contributed by atoms with Crippen LogP contribution >= 0.6 is 23.4 Å². The fraction of sp³-hybridized carbons (Fsp3) is 0.222. The van der Waals surface area contributed by atoms with Crippen LogP contribution in [0.3, 0.4) is 0 Å². The molecule has 0 aliphatic carbocycles. The Morgan fingerprint density at radius 3 is 2.88 bits per heavy atom. The standard InChI is InChI=1S/C9H8ClN3O2S/c10-6-2-1-3-7(13(14)15)8(6)12-4-5-16-9(12)11/h1-3,11H,4-5H2. The van der Waals surface area contributed by atoms with E-state index in [2.05, 4.69) is 0 Å². The number of anilines is 1. The minimum Gasteiger partial charge on any atom is -0.314 e. The highest BCUT2D eigenvalue weighted by atomic mass is 35.5. The molecule has 1 aliphatic rings. The van der Waals surface area contributed by atoms with Gasteiger partial charge in [0.1, 0.15) is 5.69 Å². The largest absolute Gasteiger partial charge is 0.314 e. The average Bonchev–Trinajstić information content (AvgIpc) is 2.64. The molecular weight excluding hydrogens is 250 g/mol. The number of nitrogens with zero attached hydrogens (tertiary/aromatic N) is 2. The molecule has 0 saturated carbocycles. The maximum Gasteiger partial charge on any atom is 0.294 e. The van der Waals surface area contributed by atoms with Crippen molar-refractivity contribution in [2.75, 3.05) is 17.2 Å². The summed E-state index contributed by atoms with van der Waals surface area (Å²) in [5.74, 6) is 0.751. The van der Waals surface area contributed by atoms with Crippen LogP contribution in [0, 0.1) is 15.5 Å². The normalized spacial score (nSPS) is 15.6. The van der Waals surface area contributed by atoms with Gasteiger partial charge in [0.25, 0.3) is 5.69 Å². The first-order valence-electron chi connectivity index (χ1n) is 4.53. The summed E-state index contributed by atoms with van der Waals surface area (Å²) in [4.78, 5) is 12.0. The van der Waals surface area contributed by atoms with E-state index in [-0.39, 0.29) is 5.69 Å². The Labute approximate surface area is 101 Å². The Balaban J connectivity index is 2.53. The van der Waals surface area contributed by atoms with Crippen LogP contribution in [0.15, 0.2) is 18.2 Å². The summed E-state index contributed by atoms with van der Waals surface area (Å²) < 4.78 is 0. The van der Waals surface area contributed by atoms with Crippen LogP contribution in [-0.2, 0) is 0 Å². The third kappa shape index (κ3) is 1.85. The summed E-state index contributed by atoms with van der Waals surface area (Å²) in [5.41, 5.74) is 0.268. The number of amidine groups is 1. The Hall–Kier alpha value is -1.27. The third-order valence-corrected chi connectivity index (χ3v) is 3.42. The molecule has 5 nitrogen and oxygen atoms in total. The Bertz CT molecular complexity index is 466. The highest BCUT2D eigenvalue weighted by Gasteiger charge is 2.28. The number of halogens is 1. The van der Waals surface area contributed by atoms with Crippen molar-refractivity contribution in [1.29, 1.82) is 5.41 Å². The lowest BCUT2D eigenvalue weighted by Gasteiger charge is -2.17. The fourth-order valence-corrected chi connectivity index (χ4v) is 2.62. The van der Waals surface area contributed by atoms with Crippen molar-refractivity contribution in [1.82, 2.24) is 0 Å². The van der Waals surface area contributed by atoms with Gasteiger partial charge >= 0.3 is 0 Å². The second-order valence-electron chi connectivity index (χ2n) is 3.17. The first-order chi connectivity index (χ1) is 7.61. The van der Waals surface area contributed by atoms with Gasteiger partial charge < -0.3 is 4.90 Å². The van der Waals surface area contributed by atoms with Gasteiger partial charge in [0.15, 0.2) is 5.17 Å². The molecule has 7 heteroatoms. The SMILES string of the molecule is N=C1SCCN1c1c(Cl)cccc1[N+](=O)[O-]. The topological polar surface area (TPSA) is 70.2 Å². The summed E-state index contributed by atoms with van der Waals surface area (Å²) in [6.07, 6.45) is 0. The van der Waals surface area contributed by atoms with E-state index in [1.807, 2.05) is 0 Å². The monoisotopic (exact) mass is 257 g/mol.